The molecule has 0 aliphatic heterocycles. The molecule has 4 aromatic rings. The van der Waals surface area contributed by atoms with Crippen LogP contribution < -0.4 is 9.47 Å². The second-order valence-corrected chi connectivity index (χ2v) is 7.56. The van der Waals surface area contributed by atoms with Gasteiger partial charge in [-0.2, -0.15) is 0 Å². The minimum atomic E-state index is -0.485. The van der Waals surface area contributed by atoms with Crippen molar-refractivity contribution in [3.8, 4) is 11.5 Å². The van der Waals surface area contributed by atoms with E-state index >= 15 is 0 Å². The Balaban J connectivity index is 1.58. The van der Waals surface area contributed by atoms with E-state index < -0.39 is 5.97 Å². The average Bonchev–Trinajstić information content (AvgIpc) is 3.10. The van der Waals surface area contributed by atoms with Gasteiger partial charge in [-0.1, -0.05) is 41.9 Å². The molecule has 1 heterocycles. The molecule has 6 heteroatoms. The molecule has 3 aromatic carbocycles. The number of esters is 1. The first-order valence-electron chi connectivity index (χ1n) is 8.82. The number of rotatable bonds is 5. The Morgan fingerprint density at radius 2 is 1.72 bits per heavy atom. The van der Waals surface area contributed by atoms with Crippen LogP contribution in [0.1, 0.15) is 15.2 Å². The summed E-state index contributed by atoms with van der Waals surface area (Å²) in [7, 11) is 1.62. The highest BCUT2D eigenvalue weighted by atomic mass is 35.5. The molecule has 1 aromatic heterocycles. The lowest BCUT2D eigenvalue weighted by molar-refractivity contribution is 0.0740. The van der Waals surface area contributed by atoms with Crippen LogP contribution in [-0.4, -0.2) is 19.3 Å². The lowest BCUT2D eigenvalue weighted by Crippen LogP contribution is -2.08. The molecule has 0 saturated carbocycles. The molecule has 0 unspecified atom stereocenters. The molecule has 0 spiro atoms. The number of hydrogen-bond donors (Lipinski definition) is 0. The number of carbonyl (C=O) groups excluding carboxylic acids is 1. The number of thiophene rings is 1. The SMILES string of the molecule is COc1ccc(N=Cc2ccccc2OC(=O)c2sc3ccccc3c2Cl)cc1. The highest BCUT2D eigenvalue weighted by Crippen LogP contribution is 2.36. The number of methoxy groups -OCH3 is 1. The monoisotopic (exact) mass is 421 g/mol. The van der Waals surface area contributed by atoms with Gasteiger partial charge in [-0.05, 0) is 42.5 Å². The Morgan fingerprint density at radius 1 is 1.00 bits per heavy atom. The molecule has 29 heavy (non-hydrogen) atoms. The quantitative estimate of drug-likeness (QED) is 0.209. The molecule has 0 atom stereocenters. The first-order valence-corrected chi connectivity index (χ1v) is 10.0. The summed E-state index contributed by atoms with van der Waals surface area (Å²) >= 11 is 7.72. The minimum Gasteiger partial charge on any atom is -0.497 e. The fourth-order valence-corrected chi connectivity index (χ4v) is 4.17. The summed E-state index contributed by atoms with van der Waals surface area (Å²) in [6.07, 6.45) is 1.66. The van der Waals surface area contributed by atoms with Gasteiger partial charge in [-0.25, -0.2) is 4.79 Å². The van der Waals surface area contributed by atoms with Crippen molar-refractivity contribution in [3.05, 3.63) is 88.3 Å². The minimum absolute atomic E-state index is 0.384. The number of carbonyl (C=O) groups is 1. The molecule has 0 fully saturated rings. The zero-order valence-electron chi connectivity index (χ0n) is 15.5. The molecule has 0 aliphatic carbocycles. The summed E-state index contributed by atoms with van der Waals surface area (Å²) in [6.45, 7) is 0. The lowest BCUT2D eigenvalue weighted by Gasteiger charge is -2.06. The van der Waals surface area contributed by atoms with E-state index in [0.717, 1.165) is 21.5 Å². The third kappa shape index (κ3) is 4.16. The fourth-order valence-electron chi connectivity index (χ4n) is 2.78. The van der Waals surface area contributed by atoms with Gasteiger partial charge in [0, 0.05) is 21.9 Å². The molecular weight excluding hydrogens is 406 g/mol. The molecule has 0 bridgehead atoms. The van der Waals surface area contributed by atoms with Crippen LogP contribution in [-0.2, 0) is 0 Å². The number of hydrogen-bond acceptors (Lipinski definition) is 5. The standard InChI is InChI=1S/C23H16ClNO3S/c1-27-17-12-10-16(11-13-17)25-14-15-6-2-4-8-19(15)28-23(26)22-21(24)18-7-3-5-9-20(18)29-22/h2-14H,1H3. The maximum Gasteiger partial charge on any atom is 0.355 e. The van der Waals surface area contributed by atoms with E-state index in [9.17, 15) is 4.79 Å². The Kier molecular flexibility index (Phi) is 5.60. The lowest BCUT2D eigenvalue weighted by atomic mass is 10.2. The molecular formula is C23H16ClNO3S. The zero-order chi connectivity index (χ0) is 20.2. The van der Waals surface area contributed by atoms with Crippen molar-refractivity contribution >= 4 is 50.9 Å². The van der Waals surface area contributed by atoms with Crippen LogP contribution in [0.4, 0.5) is 5.69 Å². The Labute approximate surface area is 177 Å². The second kappa shape index (κ2) is 8.47. The molecule has 0 N–H and O–H groups in total. The third-order valence-electron chi connectivity index (χ3n) is 4.27. The van der Waals surface area contributed by atoms with Gasteiger partial charge in [-0.3, -0.25) is 4.99 Å². The number of nitrogens with zero attached hydrogens (tertiary/aromatic N) is 1. The summed E-state index contributed by atoms with van der Waals surface area (Å²) in [4.78, 5) is 17.6. The maximum absolute atomic E-state index is 12.7. The highest BCUT2D eigenvalue weighted by Gasteiger charge is 2.19. The van der Waals surface area contributed by atoms with E-state index in [-0.39, 0.29) is 0 Å². The largest absolute Gasteiger partial charge is 0.497 e. The van der Waals surface area contributed by atoms with Crippen LogP contribution in [0.25, 0.3) is 10.1 Å². The van der Waals surface area contributed by atoms with E-state index in [1.54, 1.807) is 25.5 Å². The van der Waals surface area contributed by atoms with Crippen LogP contribution in [0.3, 0.4) is 0 Å². The van der Waals surface area contributed by atoms with Crippen molar-refractivity contribution in [2.24, 2.45) is 4.99 Å². The summed E-state index contributed by atoms with van der Waals surface area (Å²) in [5.74, 6) is 0.697. The number of para-hydroxylation sites is 1. The second-order valence-electron chi connectivity index (χ2n) is 6.12. The Morgan fingerprint density at radius 3 is 2.48 bits per heavy atom. The number of fused-ring (bicyclic) bond motifs is 1. The van der Waals surface area contributed by atoms with Gasteiger partial charge in [0.2, 0.25) is 0 Å². The summed E-state index contributed by atoms with van der Waals surface area (Å²) in [6, 6.07) is 22.2. The third-order valence-corrected chi connectivity index (χ3v) is 5.92. The predicted octanol–water partition coefficient (Wildman–Crippen LogP) is 6.53. The number of ether oxygens (including phenoxy) is 2. The van der Waals surface area contributed by atoms with Gasteiger partial charge in [-0.15, -0.1) is 11.3 Å². The summed E-state index contributed by atoms with van der Waals surface area (Å²) in [5.41, 5.74) is 1.45. The van der Waals surface area contributed by atoms with Crippen LogP contribution in [0, 0.1) is 0 Å². The molecule has 0 aliphatic rings. The number of halogens is 1. The van der Waals surface area contributed by atoms with Crippen molar-refractivity contribution in [1.29, 1.82) is 0 Å². The highest BCUT2D eigenvalue weighted by molar-refractivity contribution is 7.21. The zero-order valence-corrected chi connectivity index (χ0v) is 17.0. The van der Waals surface area contributed by atoms with E-state index in [1.807, 2.05) is 60.7 Å². The predicted molar refractivity (Wildman–Crippen MR) is 118 cm³/mol. The molecule has 144 valence electrons. The van der Waals surface area contributed by atoms with Crippen LogP contribution >= 0.6 is 22.9 Å². The first kappa shape index (κ1) is 19.2. The van der Waals surface area contributed by atoms with Crippen LogP contribution in [0.2, 0.25) is 5.02 Å². The van der Waals surface area contributed by atoms with E-state index in [2.05, 4.69) is 4.99 Å². The van der Waals surface area contributed by atoms with Crippen molar-refractivity contribution < 1.29 is 14.3 Å². The first-order chi connectivity index (χ1) is 14.2. The molecule has 4 nitrogen and oxygen atoms in total. The van der Waals surface area contributed by atoms with E-state index in [4.69, 9.17) is 21.1 Å². The van der Waals surface area contributed by atoms with Gasteiger partial charge in [0.1, 0.15) is 16.4 Å². The Hall–Kier alpha value is -3.15. The average molecular weight is 422 g/mol. The van der Waals surface area contributed by atoms with Crippen molar-refractivity contribution in [3.63, 3.8) is 0 Å². The van der Waals surface area contributed by atoms with Crippen molar-refractivity contribution in [1.82, 2.24) is 0 Å². The fraction of sp³-hybridized carbons (Fsp3) is 0.0435. The molecule has 0 saturated heterocycles. The molecule has 0 radical (unpaired) electrons. The van der Waals surface area contributed by atoms with Crippen LogP contribution in [0.15, 0.2) is 77.8 Å². The van der Waals surface area contributed by atoms with Gasteiger partial charge in [0.05, 0.1) is 17.8 Å². The van der Waals surface area contributed by atoms with E-state index in [0.29, 0.717) is 21.2 Å². The van der Waals surface area contributed by atoms with E-state index in [1.165, 1.54) is 11.3 Å². The number of aliphatic imine (C=N–C) groups is 1. The van der Waals surface area contributed by atoms with Gasteiger partial charge in [0.25, 0.3) is 0 Å². The van der Waals surface area contributed by atoms with Crippen molar-refractivity contribution in [2.45, 2.75) is 0 Å². The summed E-state index contributed by atoms with van der Waals surface area (Å²) in [5, 5.41) is 1.26. The van der Waals surface area contributed by atoms with Gasteiger partial charge >= 0.3 is 5.97 Å². The maximum atomic E-state index is 12.7. The summed E-state index contributed by atoms with van der Waals surface area (Å²) < 4.78 is 11.7. The normalized spacial score (nSPS) is 11.1. The van der Waals surface area contributed by atoms with Crippen molar-refractivity contribution in [2.75, 3.05) is 7.11 Å². The number of benzene rings is 3. The Bertz CT molecular complexity index is 1200. The smallest absolute Gasteiger partial charge is 0.355 e. The van der Waals surface area contributed by atoms with Gasteiger partial charge in [0.15, 0.2) is 0 Å². The molecule has 0 amide bonds. The van der Waals surface area contributed by atoms with Crippen LogP contribution in [0.5, 0.6) is 11.5 Å². The topological polar surface area (TPSA) is 47.9 Å². The molecule has 4 rings (SSSR count). The van der Waals surface area contributed by atoms with Gasteiger partial charge < -0.3 is 9.47 Å².